The second kappa shape index (κ2) is 4.71. The summed E-state index contributed by atoms with van der Waals surface area (Å²) in [5, 5.41) is 9.58. The molecule has 2 heteroatoms. The van der Waals surface area contributed by atoms with E-state index in [1.165, 1.54) is 5.56 Å². The SMILES string of the molecule is C=C(O)[C@H]1C[C@@H](C)CN1Cc1ccccc1. The van der Waals surface area contributed by atoms with E-state index >= 15 is 0 Å². The van der Waals surface area contributed by atoms with Crippen molar-refractivity contribution in [2.45, 2.75) is 25.9 Å². The first-order chi connectivity index (χ1) is 7.66. The van der Waals surface area contributed by atoms with Crippen LogP contribution in [0.3, 0.4) is 0 Å². The summed E-state index contributed by atoms with van der Waals surface area (Å²) in [6.07, 6.45) is 1.02. The smallest absolute Gasteiger partial charge is 0.102 e. The molecule has 1 fully saturated rings. The monoisotopic (exact) mass is 217 g/mol. The standard InChI is InChI=1S/C14H19NO/c1-11-8-14(12(2)16)15(9-11)10-13-6-4-3-5-7-13/h3-7,11,14,16H,2,8-10H2,1H3/t11-,14-/m1/s1. The summed E-state index contributed by atoms with van der Waals surface area (Å²) in [6.45, 7) is 7.84. The second-order valence-corrected chi connectivity index (χ2v) is 4.76. The molecular formula is C14H19NO. The first-order valence-corrected chi connectivity index (χ1v) is 5.82. The number of hydrogen-bond acceptors (Lipinski definition) is 2. The van der Waals surface area contributed by atoms with Gasteiger partial charge in [0.25, 0.3) is 0 Å². The Morgan fingerprint density at radius 1 is 1.44 bits per heavy atom. The lowest BCUT2D eigenvalue weighted by molar-refractivity contribution is 0.214. The maximum atomic E-state index is 9.58. The van der Waals surface area contributed by atoms with Gasteiger partial charge < -0.3 is 5.11 Å². The highest BCUT2D eigenvalue weighted by Gasteiger charge is 2.31. The summed E-state index contributed by atoms with van der Waals surface area (Å²) in [5.41, 5.74) is 1.29. The van der Waals surface area contributed by atoms with Gasteiger partial charge in [-0.2, -0.15) is 0 Å². The Labute approximate surface area is 97.2 Å². The fraction of sp³-hybridized carbons (Fsp3) is 0.429. The molecule has 1 aliphatic heterocycles. The van der Waals surface area contributed by atoms with Gasteiger partial charge in [0, 0.05) is 13.1 Å². The van der Waals surface area contributed by atoms with Crippen LogP contribution >= 0.6 is 0 Å². The predicted octanol–water partition coefficient (Wildman–Crippen LogP) is 2.97. The van der Waals surface area contributed by atoms with Crippen molar-refractivity contribution in [2.24, 2.45) is 5.92 Å². The molecule has 1 saturated heterocycles. The van der Waals surface area contributed by atoms with Crippen LogP contribution in [0.4, 0.5) is 0 Å². The lowest BCUT2D eigenvalue weighted by Crippen LogP contribution is -2.30. The minimum absolute atomic E-state index is 0.134. The third-order valence-corrected chi connectivity index (χ3v) is 3.23. The summed E-state index contributed by atoms with van der Waals surface area (Å²) in [5.74, 6) is 0.942. The van der Waals surface area contributed by atoms with Crippen molar-refractivity contribution in [3.63, 3.8) is 0 Å². The van der Waals surface area contributed by atoms with Gasteiger partial charge >= 0.3 is 0 Å². The molecule has 1 aliphatic rings. The maximum absolute atomic E-state index is 9.58. The molecule has 0 bridgehead atoms. The summed E-state index contributed by atoms with van der Waals surface area (Å²) >= 11 is 0. The molecule has 1 aromatic rings. The quantitative estimate of drug-likeness (QED) is 0.787. The Morgan fingerprint density at radius 3 is 2.75 bits per heavy atom. The first kappa shape index (κ1) is 11.2. The molecule has 0 saturated carbocycles. The van der Waals surface area contributed by atoms with Gasteiger partial charge in [0.1, 0.15) is 5.76 Å². The number of rotatable bonds is 3. The lowest BCUT2D eigenvalue weighted by atomic mass is 10.1. The van der Waals surface area contributed by atoms with Crippen molar-refractivity contribution in [3.05, 3.63) is 48.2 Å². The Balaban J connectivity index is 2.06. The molecule has 2 rings (SSSR count). The van der Waals surface area contributed by atoms with E-state index in [2.05, 4.69) is 42.7 Å². The van der Waals surface area contributed by atoms with Crippen LogP contribution in [0, 0.1) is 5.92 Å². The largest absolute Gasteiger partial charge is 0.511 e. The van der Waals surface area contributed by atoms with Crippen LogP contribution in [0.25, 0.3) is 0 Å². The van der Waals surface area contributed by atoms with E-state index in [4.69, 9.17) is 0 Å². The molecule has 0 radical (unpaired) electrons. The van der Waals surface area contributed by atoms with E-state index < -0.39 is 0 Å². The van der Waals surface area contributed by atoms with E-state index in [1.807, 2.05) is 6.07 Å². The van der Waals surface area contributed by atoms with Crippen molar-refractivity contribution >= 4 is 0 Å². The van der Waals surface area contributed by atoms with Gasteiger partial charge in [-0.15, -0.1) is 0 Å². The first-order valence-electron chi connectivity index (χ1n) is 5.82. The average molecular weight is 217 g/mol. The third-order valence-electron chi connectivity index (χ3n) is 3.23. The van der Waals surface area contributed by atoms with Crippen molar-refractivity contribution < 1.29 is 5.11 Å². The lowest BCUT2D eigenvalue weighted by Gasteiger charge is -2.23. The van der Waals surface area contributed by atoms with Crippen molar-refractivity contribution in [3.8, 4) is 0 Å². The maximum Gasteiger partial charge on any atom is 0.102 e. The molecule has 2 nitrogen and oxygen atoms in total. The van der Waals surface area contributed by atoms with Gasteiger partial charge in [0.2, 0.25) is 0 Å². The van der Waals surface area contributed by atoms with E-state index in [9.17, 15) is 5.11 Å². The van der Waals surface area contributed by atoms with E-state index in [0.29, 0.717) is 11.7 Å². The molecule has 0 unspecified atom stereocenters. The fourth-order valence-corrected chi connectivity index (χ4v) is 2.47. The van der Waals surface area contributed by atoms with Gasteiger partial charge in [-0.3, -0.25) is 4.90 Å². The zero-order valence-corrected chi connectivity index (χ0v) is 9.76. The fourth-order valence-electron chi connectivity index (χ4n) is 2.47. The van der Waals surface area contributed by atoms with Crippen LogP contribution in [-0.4, -0.2) is 22.6 Å². The van der Waals surface area contributed by atoms with E-state index in [1.54, 1.807) is 0 Å². The molecule has 86 valence electrons. The Bertz CT molecular complexity index is 360. The van der Waals surface area contributed by atoms with Crippen LogP contribution in [0.2, 0.25) is 0 Å². The average Bonchev–Trinajstić information content (AvgIpc) is 2.61. The number of nitrogens with zero attached hydrogens (tertiary/aromatic N) is 1. The predicted molar refractivity (Wildman–Crippen MR) is 66.2 cm³/mol. The zero-order chi connectivity index (χ0) is 11.5. The topological polar surface area (TPSA) is 23.5 Å². The van der Waals surface area contributed by atoms with E-state index in [-0.39, 0.29) is 6.04 Å². The van der Waals surface area contributed by atoms with Crippen LogP contribution in [0.1, 0.15) is 18.9 Å². The summed E-state index contributed by atoms with van der Waals surface area (Å²) in [4.78, 5) is 2.31. The third kappa shape index (κ3) is 2.45. The van der Waals surface area contributed by atoms with Gasteiger partial charge in [-0.25, -0.2) is 0 Å². The van der Waals surface area contributed by atoms with Crippen LogP contribution in [0.15, 0.2) is 42.7 Å². The van der Waals surface area contributed by atoms with Crippen molar-refractivity contribution in [1.29, 1.82) is 0 Å². The number of benzene rings is 1. The van der Waals surface area contributed by atoms with Crippen LogP contribution in [0.5, 0.6) is 0 Å². The molecule has 0 spiro atoms. The number of hydrogen-bond donors (Lipinski definition) is 1. The van der Waals surface area contributed by atoms with Crippen molar-refractivity contribution in [2.75, 3.05) is 6.54 Å². The Hall–Kier alpha value is -1.28. The molecule has 1 heterocycles. The summed E-state index contributed by atoms with van der Waals surface area (Å²) < 4.78 is 0. The highest BCUT2D eigenvalue weighted by atomic mass is 16.3. The van der Waals surface area contributed by atoms with Crippen LogP contribution in [-0.2, 0) is 6.54 Å². The molecule has 1 N–H and O–H groups in total. The molecule has 0 aromatic heterocycles. The number of likely N-dealkylation sites (tertiary alicyclic amines) is 1. The number of aliphatic hydroxyl groups excluding tert-OH is 1. The number of aliphatic hydroxyl groups is 1. The summed E-state index contributed by atoms with van der Waals surface area (Å²) in [7, 11) is 0. The highest BCUT2D eigenvalue weighted by molar-refractivity contribution is 5.15. The van der Waals surface area contributed by atoms with Gasteiger partial charge in [0.15, 0.2) is 0 Å². The zero-order valence-electron chi connectivity index (χ0n) is 9.76. The van der Waals surface area contributed by atoms with Crippen LogP contribution < -0.4 is 0 Å². The van der Waals surface area contributed by atoms with Crippen molar-refractivity contribution in [1.82, 2.24) is 4.90 Å². The minimum Gasteiger partial charge on any atom is -0.511 e. The molecular weight excluding hydrogens is 198 g/mol. The van der Waals surface area contributed by atoms with Gasteiger partial charge in [-0.1, -0.05) is 43.8 Å². The Kier molecular flexibility index (Phi) is 3.30. The van der Waals surface area contributed by atoms with Gasteiger partial charge in [0.05, 0.1) is 6.04 Å². The summed E-state index contributed by atoms with van der Waals surface area (Å²) in [6, 6.07) is 10.5. The molecule has 0 amide bonds. The molecule has 2 atom stereocenters. The minimum atomic E-state index is 0.134. The normalized spacial score (nSPS) is 25.8. The molecule has 0 aliphatic carbocycles. The molecule has 16 heavy (non-hydrogen) atoms. The Morgan fingerprint density at radius 2 is 2.12 bits per heavy atom. The van der Waals surface area contributed by atoms with Gasteiger partial charge in [-0.05, 0) is 17.9 Å². The highest BCUT2D eigenvalue weighted by Crippen LogP contribution is 2.27. The molecule has 1 aromatic carbocycles. The van der Waals surface area contributed by atoms with E-state index in [0.717, 1.165) is 19.5 Å². The second-order valence-electron chi connectivity index (χ2n) is 4.76.